The number of urea groups is 1. The average Bonchev–Trinajstić information content (AvgIpc) is 2.62. The summed E-state index contributed by atoms with van der Waals surface area (Å²) < 4.78 is 0. The minimum atomic E-state index is -0.148. The molecule has 1 N–H and O–H groups in total. The summed E-state index contributed by atoms with van der Waals surface area (Å²) in [7, 11) is 0. The van der Waals surface area contributed by atoms with Gasteiger partial charge in [0, 0.05) is 31.9 Å². The number of nitrogens with zero attached hydrogens (tertiary/aromatic N) is 3. The van der Waals surface area contributed by atoms with Gasteiger partial charge in [0.25, 0.3) is 0 Å². The van der Waals surface area contributed by atoms with E-state index in [1.54, 1.807) is 18.2 Å². The summed E-state index contributed by atoms with van der Waals surface area (Å²) in [6.45, 7) is 9.34. The average molecular weight is 348 g/mol. The van der Waals surface area contributed by atoms with Gasteiger partial charge in [-0.1, -0.05) is 29.8 Å². The zero-order valence-electron chi connectivity index (χ0n) is 15.5. The van der Waals surface area contributed by atoms with Crippen LogP contribution in [0.3, 0.4) is 0 Å². The molecule has 0 bridgehead atoms. The lowest BCUT2D eigenvalue weighted by molar-refractivity contribution is 0.208. The highest BCUT2D eigenvalue weighted by atomic mass is 16.2. The fourth-order valence-electron chi connectivity index (χ4n) is 3.69. The van der Waals surface area contributed by atoms with Gasteiger partial charge in [-0.3, -0.25) is 0 Å². The molecule has 0 saturated carbocycles. The summed E-state index contributed by atoms with van der Waals surface area (Å²) >= 11 is 0. The van der Waals surface area contributed by atoms with Crippen molar-refractivity contribution in [1.82, 2.24) is 4.90 Å². The van der Waals surface area contributed by atoms with E-state index in [0.29, 0.717) is 24.3 Å². The van der Waals surface area contributed by atoms with Gasteiger partial charge in [0.15, 0.2) is 0 Å². The molecule has 3 rings (SSSR count). The first kappa shape index (κ1) is 17.8. The number of piperazine rings is 1. The Bertz CT molecular complexity index is 838. The van der Waals surface area contributed by atoms with Crippen molar-refractivity contribution in [2.75, 3.05) is 36.4 Å². The Morgan fingerprint density at radius 1 is 1.04 bits per heavy atom. The number of benzene rings is 2. The Morgan fingerprint density at radius 3 is 2.27 bits per heavy atom. The highest BCUT2D eigenvalue weighted by Gasteiger charge is 2.23. The largest absolute Gasteiger partial charge is 0.368 e. The van der Waals surface area contributed by atoms with Crippen molar-refractivity contribution in [3.05, 3.63) is 58.7 Å². The first-order valence-corrected chi connectivity index (χ1v) is 8.87. The highest BCUT2D eigenvalue weighted by molar-refractivity contribution is 5.91. The van der Waals surface area contributed by atoms with E-state index in [1.165, 1.54) is 22.4 Å². The predicted molar refractivity (Wildman–Crippen MR) is 105 cm³/mol. The molecule has 1 aliphatic heterocycles. The van der Waals surface area contributed by atoms with Crippen LogP contribution >= 0.6 is 0 Å². The smallest absolute Gasteiger partial charge is 0.322 e. The van der Waals surface area contributed by atoms with Crippen LogP contribution in [-0.2, 0) is 0 Å². The molecule has 1 saturated heterocycles. The third-order valence-corrected chi connectivity index (χ3v) is 4.81. The van der Waals surface area contributed by atoms with Crippen LogP contribution in [0.15, 0.2) is 36.4 Å². The lowest BCUT2D eigenvalue weighted by Gasteiger charge is -2.37. The molecule has 0 unspecified atom stereocenters. The number of carbonyl (C=O) groups is 1. The maximum absolute atomic E-state index is 12.5. The second-order valence-corrected chi connectivity index (χ2v) is 6.81. The SMILES string of the molecule is Cc1cc(C)c(N2CCN(C(=O)Nc3ccccc3C#N)CC2)c(C)c1. The molecular weight excluding hydrogens is 324 g/mol. The van der Waals surface area contributed by atoms with Gasteiger partial charge in [-0.2, -0.15) is 5.26 Å². The lowest BCUT2D eigenvalue weighted by Crippen LogP contribution is -2.50. The summed E-state index contributed by atoms with van der Waals surface area (Å²) in [5.41, 5.74) is 6.16. The molecule has 1 fully saturated rings. The third-order valence-electron chi connectivity index (χ3n) is 4.81. The van der Waals surface area contributed by atoms with Gasteiger partial charge in [-0.15, -0.1) is 0 Å². The number of carbonyl (C=O) groups excluding carboxylic acids is 1. The van der Waals surface area contributed by atoms with Gasteiger partial charge < -0.3 is 15.1 Å². The Morgan fingerprint density at radius 2 is 1.65 bits per heavy atom. The van der Waals surface area contributed by atoms with Gasteiger partial charge in [0.1, 0.15) is 6.07 Å². The van der Waals surface area contributed by atoms with Crippen molar-refractivity contribution in [2.45, 2.75) is 20.8 Å². The molecule has 1 aliphatic rings. The zero-order chi connectivity index (χ0) is 18.7. The molecule has 134 valence electrons. The van der Waals surface area contributed by atoms with E-state index in [4.69, 9.17) is 5.26 Å². The third kappa shape index (κ3) is 3.65. The van der Waals surface area contributed by atoms with Crippen molar-refractivity contribution in [3.63, 3.8) is 0 Å². The number of hydrogen-bond donors (Lipinski definition) is 1. The minimum Gasteiger partial charge on any atom is -0.368 e. The summed E-state index contributed by atoms with van der Waals surface area (Å²) in [5, 5.41) is 12.0. The summed E-state index contributed by atoms with van der Waals surface area (Å²) in [6, 6.07) is 13.4. The Labute approximate surface area is 154 Å². The second-order valence-electron chi connectivity index (χ2n) is 6.81. The van der Waals surface area contributed by atoms with E-state index in [2.05, 4.69) is 49.2 Å². The van der Waals surface area contributed by atoms with Crippen LogP contribution in [0.2, 0.25) is 0 Å². The van der Waals surface area contributed by atoms with Crippen molar-refractivity contribution in [1.29, 1.82) is 5.26 Å². The van der Waals surface area contributed by atoms with Crippen molar-refractivity contribution >= 4 is 17.4 Å². The number of amides is 2. The minimum absolute atomic E-state index is 0.148. The monoisotopic (exact) mass is 348 g/mol. The van der Waals surface area contributed by atoms with Crippen molar-refractivity contribution in [3.8, 4) is 6.07 Å². The number of nitriles is 1. The first-order chi connectivity index (χ1) is 12.5. The Balaban J connectivity index is 1.65. The number of aryl methyl sites for hydroxylation is 3. The second kappa shape index (κ2) is 7.49. The normalized spacial score (nSPS) is 14.1. The van der Waals surface area contributed by atoms with Gasteiger partial charge in [-0.25, -0.2) is 4.79 Å². The van der Waals surface area contributed by atoms with Crippen LogP contribution in [-0.4, -0.2) is 37.1 Å². The van der Waals surface area contributed by atoms with E-state index in [0.717, 1.165) is 13.1 Å². The van der Waals surface area contributed by atoms with Gasteiger partial charge in [-0.05, 0) is 44.0 Å². The molecule has 0 aliphatic carbocycles. The van der Waals surface area contributed by atoms with Crippen molar-refractivity contribution < 1.29 is 4.79 Å². The van der Waals surface area contributed by atoms with Crippen LogP contribution in [0.1, 0.15) is 22.3 Å². The molecule has 2 aromatic carbocycles. The van der Waals surface area contributed by atoms with E-state index >= 15 is 0 Å². The number of para-hydroxylation sites is 1. The molecule has 1 heterocycles. The fourth-order valence-corrected chi connectivity index (χ4v) is 3.69. The molecule has 2 amide bonds. The van der Waals surface area contributed by atoms with E-state index < -0.39 is 0 Å². The van der Waals surface area contributed by atoms with Crippen LogP contribution in [0.25, 0.3) is 0 Å². The summed E-state index contributed by atoms with van der Waals surface area (Å²) in [5.74, 6) is 0. The van der Waals surface area contributed by atoms with E-state index in [9.17, 15) is 4.79 Å². The fraction of sp³-hybridized carbons (Fsp3) is 0.333. The molecule has 0 atom stereocenters. The predicted octanol–water partition coefficient (Wildman–Crippen LogP) is 3.84. The lowest BCUT2D eigenvalue weighted by atomic mass is 10.0. The molecule has 2 aromatic rings. The zero-order valence-corrected chi connectivity index (χ0v) is 15.5. The van der Waals surface area contributed by atoms with Crippen LogP contribution in [0.4, 0.5) is 16.2 Å². The topological polar surface area (TPSA) is 59.4 Å². The number of anilines is 2. The van der Waals surface area contributed by atoms with Gasteiger partial charge in [0.05, 0.1) is 11.3 Å². The molecule has 0 radical (unpaired) electrons. The Kier molecular flexibility index (Phi) is 5.13. The summed E-state index contributed by atoms with van der Waals surface area (Å²) in [6.07, 6.45) is 0. The van der Waals surface area contributed by atoms with E-state index in [1.807, 2.05) is 11.0 Å². The number of rotatable bonds is 2. The van der Waals surface area contributed by atoms with Crippen LogP contribution in [0, 0.1) is 32.1 Å². The molecule has 5 heteroatoms. The van der Waals surface area contributed by atoms with Crippen LogP contribution < -0.4 is 10.2 Å². The maximum Gasteiger partial charge on any atom is 0.322 e. The number of nitrogens with one attached hydrogen (secondary N) is 1. The Hall–Kier alpha value is -3.00. The van der Waals surface area contributed by atoms with Crippen molar-refractivity contribution in [2.24, 2.45) is 0 Å². The van der Waals surface area contributed by atoms with Crippen LogP contribution in [0.5, 0.6) is 0 Å². The highest BCUT2D eigenvalue weighted by Crippen LogP contribution is 2.27. The molecule has 0 aromatic heterocycles. The summed E-state index contributed by atoms with van der Waals surface area (Å²) in [4.78, 5) is 16.7. The van der Waals surface area contributed by atoms with E-state index in [-0.39, 0.29) is 6.03 Å². The molecular formula is C21H24N4O. The standard InChI is InChI=1S/C21H24N4O/c1-15-12-16(2)20(17(3)13-15)24-8-10-25(11-9-24)21(26)23-19-7-5-4-6-18(19)14-22/h4-7,12-13H,8-11H2,1-3H3,(H,23,26). The molecule has 26 heavy (non-hydrogen) atoms. The first-order valence-electron chi connectivity index (χ1n) is 8.87. The van der Waals surface area contributed by atoms with Gasteiger partial charge in [0.2, 0.25) is 0 Å². The van der Waals surface area contributed by atoms with Gasteiger partial charge >= 0.3 is 6.03 Å². The molecule has 5 nitrogen and oxygen atoms in total. The molecule has 0 spiro atoms. The number of hydrogen-bond acceptors (Lipinski definition) is 3. The quantitative estimate of drug-likeness (QED) is 0.897. The maximum atomic E-state index is 12.5.